The fraction of sp³-hybridized carbons (Fsp3) is 0.267. The Morgan fingerprint density at radius 2 is 2.24 bits per heavy atom. The molecule has 2 N–H and O–H groups in total. The number of carbonyl (C=O) groups excluding carboxylic acids is 1. The maximum Gasteiger partial charge on any atom is 0.252 e. The van der Waals surface area contributed by atoms with Crippen molar-refractivity contribution < 1.29 is 14.6 Å². The molecule has 0 unspecified atom stereocenters. The summed E-state index contributed by atoms with van der Waals surface area (Å²) in [5, 5.41) is 15.0. The molecule has 1 aromatic carbocycles. The van der Waals surface area contributed by atoms with E-state index in [-0.39, 0.29) is 12.5 Å². The molecule has 0 aliphatic heterocycles. The molecule has 0 radical (unpaired) electrons. The van der Waals surface area contributed by atoms with E-state index in [4.69, 9.17) is 4.74 Å². The van der Waals surface area contributed by atoms with Gasteiger partial charge in [0.25, 0.3) is 5.91 Å². The Morgan fingerprint density at radius 3 is 2.86 bits per heavy atom. The second-order valence-electron chi connectivity index (χ2n) is 4.78. The number of amides is 1. The molecule has 21 heavy (non-hydrogen) atoms. The summed E-state index contributed by atoms with van der Waals surface area (Å²) in [6, 6.07) is 8.89. The Labute approximate surface area is 135 Å². The lowest BCUT2D eigenvalue weighted by molar-refractivity contribution is 0.0556. The maximum absolute atomic E-state index is 12.2. The first-order valence-electron chi connectivity index (χ1n) is 6.32. The van der Waals surface area contributed by atoms with Gasteiger partial charge in [0.15, 0.2) is 0 Å². The molecule has 6 heteroatoms. The van der Waals surface area contributed by atoms with Crippen molar-refractivity contribution in [2.45, 2.75) is 12.5 Å². The lowest BCUT2D eigenvalue weighted by atomic mass is 10.0. The van der Waals surface area contributed by atoms with Gasteiger partial charge in [-0.15, -0.1) is 11.3 Å². The monoisotopic (exact) mass is 369 g/mol. The van der Waals surface area contributed by atoms with E-state index in [1.54, 1.807) is 32.2 Å². The first-order chi connectivity index (χ1) is 9.94. The van der Waals surface area contributed by atoms with Crippen LogP contribution in [-0.4, -0.2) is 24.7 Å². The Hall–Kier alpha value is -1.37. The van der Waals surface area contributed by atoms with Gasteiger partial charge in [0.1, 0.15) is 11.4 Å². The molecule has 0 aliphatic carbocycles. The third-order valence-electron chi connectivity index (χ3n) is 3.06. The molecular formula is C15H16BrNO3S. The number of aliphatic hydroxyl groups is 1. The zero-order chi connectivity index (χ0) is 15.5. The third kappa shape index (κ3) is 3.84. The minimum atomic E-state index is -1.09. The maximum atomic E-state index is 12.2. The second-order valence-corrected chi connectivity index (χ2v) is 6.58. The van der Waals surface area contributed by atoms with E-state index < -0.39 is 5.60 Å². The zero-order valence-electron chi connectivity index (χ0n) is 11.7. The average molecular weight is 370 g/mol. The number of carbonyl (C=O) groups is 1. The molecule has 0 spiro atoms. The van der Waals surface area contributed by atoms with Crippen molar-refractivity contribution in [2.24, 2.45) is 0 Å². The summed E-state index contributed by atoms with van der Waals surface area (Å²) >= 11 is 4.80. The van der Waals surface area contributed by atoms with E-state index >= 15 is 0 Å². The van der Waals surface area contributed by atoms with Gasteiger partial charge in [0, 0.05) is 9.35 Å². The molecule has 0 saturated carbocycles. The van der Waals surface area contributed by atoms with Crippen LogP contribution in [0.4, 0.5) is 0 Å². The van der Waals surface area contributed by atoms with Crippen molar-refractivity contribution in [3.63, 3.8) is 0 Å². The number of thiophene rings is 1. The molecule has 0 fully saturated rings. The molecular weight excluding hydrogens is 354 g/mol. The van der Waals surface area contributed by atoms with Crippen LogP contribution in [0.15, 0.2) is 40.2 Å². The van der Waals surface area contributed by atoms with E-state index in [1.807, 2.05) is 17.5 Å². The first kappa shape index (κ1) is 16.0. The summed E-state index contributed by atoms with van der Waals surface area (Å²) in [5.41, 5.74) is -0.619. The molecule has 1 aromatic heterocycles. The van der Waals surface area contributed by atoms with Crippen LogP contribution in [0.2, 0.25) is 0 Å². The Morgan fingerprint density at radius 1 is 1.48 bits per heavy atom. The highest BCUT2D eigenvalue weighted by Gasteiger charge is 2.25. The zero-order valence-corrected chi connectivity index (χ0v) is 14.1. The molecule has 1 amide bonds. The van der Waals surface area contributed by atoms with Crippen molar-refractivity contribution in [2.75, 3.05) is 13.7 Å². The van der Waals surface area contributed by atoms with Crippen molar-refractivity contribution in [3.05, 3.63) is 50.6 Å². The number of methoxy groups -OCH3 is 1. The lowest BCUT2D eigenvalue weighted by Crippen LogP contribution is -2.38. The summed E-state index contributed by atoms with van der Waals surface area (Å²) in [6.07, 6.45) is 0. The number of halogens is 1. The van der Waals surface area contributed by atoms with Crippen LogP contribution in [0.3, 0.4) is 0 Å². The number of nitrogens with one attached hydrogen (secondary N) is 1. The molecule has 0 saturated heterocycles. The van der Waals surface area contributed by atoms with E-state index in [0.717, 1.165) is 4.88 Å². The normalized spacial score (nSPS) is 13.5. The van der Waals surface area contributed by atoms with E-state index in [1.165, 1.54) is 11.3 Å². The van der Waals surface area contributed by atoms with E-state index in [0.29, 0.717) is 15.8 Å². The van der Waals surface area contributed by atoms with Gasteiger partial charge >= 0.3 is 0 Å². The third-order valence-corrected chi connectivity index (χ3v) is 4.88. The van der Waals surface area contributed by atoms with Crippen molar-refractivity contribution in [1.82, 2.24) is 5.32 Å². The quantitative estimate of drug-likeness (QED) is 0.850. The predicted molar refractivity (Wildman–Crippen MR) is 86.9 cm³/mol. The van der Waals surface area contributed by atoms with Gasteiger partial charge in [-0.2, -0.15) is 0 Å². The molecule has 4 nitrogen and oxygen atoms in total. The van der Waals surface area contributed by atoms with Crippen molar-refractivity contribution in [3.8, 4) is 5.75 Å². The van der Waals surface area contributed by atoms with Crippen LogP contribution < -0.4 is 10.1 Å². The number of ether oxygens (including phenoxy) is 1. The molecule has 1 atom stereocenters. The van der Waals surface area contributed by atoms with Gasteiger partial charge in [-0.25, -0.2) is 0 Å². The Balaban J connectivity index is 2.08. The molecule has 0 bridgehead atoms. The summed E-state index contributed by atoms with van der Waals surface area (Å²) in [5.74, 6) is 0.339. The molecule has 2 rings (SSSR count). The summed E-state index contributed by atoms with van der Waals surface area (Å²) in [6.45, 7) is 1.82. The first-order valence-corrected chi connectivity index (χ1v) is 7.99. The van der Waals surface area contributed by atoms with Gasteiger partial charge in [0.2, 0.25) is 0 Å². The summed E-state index contributed by atoms with van der Waals surface area (Å²) in [7, 11) is 1.55. The van der Waals surface area contributed by atoms with Crippen LogP contribution in [0.5, 0.6) is 5.75 Å². The number of benzene rings is 1. The van der Waals surface area contributed by atoms with Crippen LogP contribution in [-0.2, 0) is 5.60 Å². The fourth-order valence-corrected chi connectivity index (χ4v) is 3.04. The lowest BCUT2D eigenvalue weighted by Gasteiger charge is -2.22. The van der Waals surface area contributed by atoms with Crippen LogP contribution >= 0.6 is 27.3 Å². The smallest absolute Gasteiger partial charge is 0.252 e. The largest absolute Gasteiger partial charge is 0.497 e. The Kier molecular flexibility index (Phi) is 5.03. The van der Waals surface area contributed by atoms with Crippen molar-refractivity contribution >= 4 is 33.2 Å². The molecule has 0 aliphatic rings. The highest BCUT2D eigenvalue weighted by molar-refractivity contribution is 9.10. The fourth-order valence-electron chi connectivity index (χ4n) is 1.83. The standard InChI is InChI=1S/C15H16BrNO3S/c1-15(19,13-4-3-7-21-13)9-17-14(18)11-8-10(20-2)5-6-12(11)16/h3-8,19H,9H2,1-2H3,(H,17,18)/t15-/m0/s1. The topological polar surface area (TPSA) is 58.6 Å². The minimum Gasteiger partial charge on any atom is -0.497 e. The number of rotatable bonds is 5. The van der Waals surface area contributed by atoms with Crippen molar-refractivity contribution in [1.29, 1.82) is 0 Å². The molecule has 2 aromatic rings. The predicted octanol–water partition coefficient (Wildman–Crippen LogP) is 3.16. The Bertz CT molecular complexity index is 626. The van der Waals surface area contributed by atoms with Crippen LogP contribution in [0.1, 0.15) is 22.2 Å². The highest BCUT2D eigenvalue weighted by Crippen LogP contribution is 2.25. The number of hydrogen-bond donors (Lipinski definition) is 2. The molecule has 112 valence electrons. The summed E-state index contributed by atoms with van der Waals surface area (Å²) in [4.78, 5) is 13.1. The van der Waals surface area contributed by atoms with E-state index in [9.17, 15) is 9.90 Å². The van der Waals surface area contributed by atoms with Crippen LogP contribution in [0, 0.1) is 0 Å². The van der Waals surface area contributed by atoms with Crippen LogP contribution in [0.25, 0.3) is 0 Å². The molecule has 1 heterocycles. The minimum absolute atomic E-state index is 0.135. The average Bonchev–Trinajstić information content (AvgIpc) is 3.00. The van der Waals surface area contributed by atoms with Gasteiger partial charge in [0.05, 0.1) is 19.2 Å². The highest BCUT2D eigenvalue weighted by atomic mass is 79.9. The second kappa shape index (κ2) is 6.60. The number of hydrogen-bond acceptors (Lipinski definition) is 4. The van der Waals surface area contributed by atoms with Gasteiger partial charge < -0.3 is 15.2 Å². The van der Waals surface area contributed by atoms with Gasteiger partial charge in [-0.3, -0.25) is 4.79 Å². The van der Waals surface area contributed by atoms with Gasteiger partial charge in [-0.1, -0.05) is 6.07 Å². The SMILES string of the molecule is COc1ccc(Br)c(C(=O)NC[C@](C)(O)c2cccs2)c1. The van der Waals surface area contributed by atoms with Gasteiger partial charge in [-0.05, 0) is 52.5 Å². The van der Waals surface area contributed by atoms with E-state index in [2.05, 4.69) is 21.2 Å². The summed E-state index contributed by atoms with van der Waals surface area (Å²) < 4.78 is 5.79.